The van der Waals surface area contributed by atoms with Crippen molar-refractivity contribution in [1.29, 1.82) is 0 Å². The van der Waals surface area contributed by atoms with Crippen LogP contribution in [0.5, 0.6) is 5.75 Å². The summed E-state index contributed by atoms with van der Waals surface area (Å²) in [6.07, 6.45) is 2.88. The number of pyridine rings is 2. The minimum Gasteiger partial charge on any atom is -0.495 e. The van der Waals surface area contributed by atoms with Gasteiger partial charge in [0.15, 0.2) is 5.17 Å². The number of aliphatic imine (C=N–C) groups is 2. The second-order valence-electron chi connectivity index (χ2n) is 6.81. The van der Waals surface area contributed by atoms with Crippen LogP contribution in [0.2, 0.25) is 0 Å². The summed E-state index contributed by atoms with van der Waals surface area (Å²) in [4.78, 5) is 40.2. The third-order valence-corrected chi connectivity index (χ3v) is 5.08. The van der Waals surface area contributed by atoms with Gasteiger partial charge in [0.2, 0.25) is 11.4 Å². The Morgan fingerprint density at radius 3 is 2.58 bits per heavy atom. The van der Waals surface area contributed by atoms with E-state index in [1.165, 1.54) is 25.6 Å². The van der Waals surface area contributed by atoms with Gasteiger partial charge in [-0.3, -0.25) is 14.6 Å². The number of aromatic amines is 1. The van der Waals surface area contributed by atoms with Gasteiger partial charge < -0.3 is 20.1 Å². The quantitative estimate of drug-likeness (QED) is 0.572. The summed E-state index contributed by atoms with van der Waals surface area (Å²) in [7, 11) is 1.48. The highest BCUT2D eigenvalue weighted by Gasteiger charge is 2.25. The molecule has 0 unspecified atom stereocenters. The number of methoxy groups -OCH3 is 1. The largest absolute Gasteiger partial charge is 0.495 e. The van der Waals surface area contributed by atoms with Gasteiger partial charge in [-0.25, -0.2) is 9.98 Å². The Kier molecular flexibility index (Phi) is 8.75. The third kappa shape index (κ3) is 6.19. The van der Waals surface area contributed by atoms with Gasteiger partial charge in [-0.2, -0.15) is 0 Å². The van der Waals surface area contributed by atoms with Crippen LogP contribution in [-0.2, 0) is 0 Å². The Balaban J connectivity index is 0.00000187. The summed E-state index contributed by atoms with van der Waals surface area (Å²) in [5.74, 6) is -0.404. The Morgan fingerprint density at radius 2 is 1.97 bits per heavy atom. The number of rotatable bonds is 4. The van der Waals surface area contributed by atoms with Gasteiger partial charge in [0.25, 0.3) is 5.91 Å². The Hall–Kier alpha value is -3.66. The Bertz CT molecular complexity index is 1220. The van der Waals surface area contributed by atoms with Crippen LogP contribution < -0.4 is 15.6 Å². The second kappa shape index (κ2) is 11.3. The number of aromatic nitrogens is 2. The number of allylic oxidation sites excluding steroid dienone is 1. The number of hydrogen-bond acceptors (Lipinski definition) is 8. The number of H-pyrrole nitrogens is 1. The third-order valence-electron chi connectivity index (χ3n) is 4.22. The van der Waals surface area contributed by atoms with E-state index in [9.17, 15) is 14.7 Å². The Labute approximate surface area is 196 Å². The van der Waals surface area contributed by atoms with Crippen molar-refractivity contribution in [2.24, 2.45) is 9.98 Å². The van der Waals surface area contributed by atoms with Crippen molar-refractivity contribution in [3.8, 4) is 16.9 Å². The minimum atomic E-state index is -0.465. The van der Waals surface area contributed by atoms with Crippen LogP contribution in [0, 0.1) is 6.92 Å². The van der Waals surface area contributed by atoms with Crippen LogP contribution >= 0.6 is 11.8 Å². The fourth-order valence-corrected chi connectivity index (χ4v) is 3.81. The van der Waals surface area contributed by atoms with E-state index in [4.69, 9.17) is 4.74 Å². The van der Waals surface area contributed by atoms with E-state index in [0.717, 1.165) is 17.3 Å². The number of thioether (sulfide) groups is 1. The fourth-order valence-electron chi connectivity index (χ4n) is 2.85. The van der Waals surface area contributed by atoms with Gasteiger partial charge in [-0.15, -0.1) is 0 Å². The van der Waals surface area contributed by atoms with E-state index >= 15 is 0 Å². The molecule has 9 nitrogen and oxygen atoms in total. The topological polar surface area (TPSA) is 129 Å². The summed E-state index contributed by atoms with van der Waals surface area (Å²) >= 11 is 1.10. The maximum atomic E-state index is 13.1. The number of aliphatic hydroxyl groups excluding tert-OH is 1. The molecule has 2 aromatic heterocycles. The van der Waals surface area contributed by atoms with E-state index < -0.39 is 5.91 Å². The number of carbonyl (C=O) groups excluding carboxylic acids is 1. The first-order valence-electron chi connectivity index (χ1n) is 10.2. The first-order chi connectivity index (χ1) is 15.7. The van der Waals surface area contributed by atoms with Crippen LogP contribution in [0.15, 0.2) is 63.0 Å². The highest BCUT2D eigenvalue weighted by Crippen LogP contribution is 2.32. The molecular weight excluding hydrogens is 442 g/mol. The van der Waals surface area contributed by atoms with Crippen molar-refractivity contribution >= 4 is 27.9 Å². The average molecular weight is 470 g/mol. The predicted molar refractivity (Wildman–Crippen MR) is 133 cm³/mol. The van der Waals surface area contributed by atoms with Crippen LogP contribution in [-0.4, -0.2) is 38.3 Å². The summed E-state index contributed by atoms with van der Waals surface area (Å²) in [6.45, 7) is 12.8. The number of nitrogens with one attached hydrogen (secondary N) is 2. The molecule has 3 N–H and O–H groups in total. The normalized spacial score (nSPS) is 13.7. The molecule has 0 saturated heterocycles. The number of aryl methyl sites for hydroxylation is 1. The molecule has 2 aromatic rings. The molecule has 0 aliphatic carbocycles. The van der Waals surface area contributed by atoms with Crippen molar-refractivity contribution in [3.63, 3.8) is 0 Å². The van der Waals surface area contributed by atoms with E-state index in [-0.39, 0.29) is 17.0 Å². The van der Waals surface area contributed by atoms with Crippen LogP contribution in [0.25, 0.3) is 11.1 Å². The molecule has 0 aromatic carbocycles. The van der Waals surface area contributed by atoms with E-state index in [2.05, 4.69) is 31.8 Å². The van der Waals surface area contributed by atoms with Gasteiger partial charge >= 0.3 is 0 Å². The van der Waals surface area contributed by atoms with Crippen molar-refractivity contribution in [2.75, 3.05) is 7.11 Å². The SMILES string of the molecule is C=C(O)/N=C1/SC(NC(=O)c2cnc(C)cc2-c2cc(=O)[nH]cc2OC)=NC1=C(C)C.CC. The smallest absolute Gasteiger partial charge is 0.259 e. The van der Waals surface area contributed by atoms with Gasteiger partial charge in [0.1, 0.15) is 10.8 Å². The number of carbonyl (C=O) groups is 1. The molecule has 0 radical (unpaired) electrons. The first-order valence-corrected chi connectivity index (χ1v) is 11.0. The van der Waals surface area contributed by atoms with E-state index in [1.54, 1.807) is 13.0 Å². The molecule has 0 atom stereocenters. The second-order valence-corrected chi connectivity index (χ2v) is 7.78. The summed E-state index contributed by atoms with van der Waals surface area (Å²) < 4.78 is 5.35. The maximum absolute atomic E-state index is 13.1. The van der Waals surface area contributed by atoms with Crippen molar-refractivity contribution < 1.29 is 14.6 Å². The molecule has 1 aliphatic heterocycles. The molecule has 10 heteroatoms. The number of amidine groups is 1. The maximum Gasteiger partial charge on any atom is 0.259 e. The molecule has 3 rings (SSSR count). The number of hydrogen-bond donors (Lipinski definition) is 3. The first kappa shape index (κ1) is 25.6. The molecule has 0 saturated carbocycles. The number of nitrogens with zero attached hydrogens (tertiary/aromatic N) is 3. The summed E-state index contributed by atoms with van der Waals surface area (Å²) in [6, 6.07) is 3.07. The highest BCUT2D eigenvalue weighted by atomic mass is 32.2. The zero-order chi connectivity index (χ0) is 24.7. The zero-order valence-electron chi connectivity index (χ0n) is 19.4. The molecular formula is C23H27N5O4S. The molecule has 1 amide bonds. The lowest BCUT2D eigenvalue weighted by Crippen LogP contribution is -2.28. The van der Waals surface area contributed by atoms with Crippen LogP contribution in [0.4, 0.5) is 0 Å². The van der Waals surface area contributed by atoms with Crippen LogP contribution in [0.3, 0.4) is 0 Å². The van der Waals surface area contributed by atoms with Crippen LogP contribution in [0.1, 0.15) is 43.7 Å². The molecule has 1 aliphatic rings. The van der Waals surface area contributed by atoms with Crippen molar-refractivity contribution in [2.45, 2.75) is 34.6 Å². The molecule has 174 valence electrons. The number of ether oxygens (including phenoxy) is 1. The number of amides is 1. The lowest BCUT2D eigenvalue weighted by molar-refractivity contribution is 0.0978. The van der Waals surface area contributed by atoms with E-state index in [1.807, 2.05) is 27.7 Å². The summed E-state index contributed by atoms with van der Waals surface area (Å²) in [5, 5.41) is 12.9. The molecule has 0 fully saturated rings. The average Bonchev–Trinajstić information content (AvgIpc) is 3.16. The number of aliphatic hydroxyl groups is 1. The van der Waals surface area contributed by atoms with Gasteiger partial charge in [-0.05, 0) is 50.8 Å². The van der Waals surface area contributed by atoms with Crippen molar-refractivity contribution in [3.05, 3.63) is 69.9 Å². The zero-order valence-corrected chi connectivity index (χ0v) is 20.3. The van der Waals surface area contributed by atoms with Gasteiger partial charge in [0, 0.05) is 35.3 Å². The Morgan fingerprint density at radius 1 is 1.27 bits per heavy atom. The van der Waals surface area contributed by atoms with E-state index in [0.29, 0.717) is 38.5 Å². The lowest BCUT2D eigenvalue weighted by Gasteiger charge is -2.13. The molecule has 0 bridgehead atoms. The molecule has 3 heterocycles. The standard InChI is InChI=1S/C21H21N5O4S.C2H6/c1-10(2)18-20(24-12(4)27)31-21(25-18)26-19(29)15-8-22-11(3)6-13(15)14-7-17(28)23-9-16(14)30-5;1-2/h6-9,27H,4H2,1-3,5H3,(H,23,28)(H,25,26,29);1-2H3/b24-20+;. The van der Waals surface area contributed by atoms with Crippen molar-refractivity contribution in [1.82, 2.24) is 15.3 Å². The van der Waals surface area contributed by atoms with Gasteiger partial charge in [-0.1, -0.05) is 13.8 Å². The predicted octanol–water partition coefficient (Wildman–Crippen LogP) is 4.33. The molecule has 0 spiro atoms. The summed E-state index contributed by atoms with van der Waals surface area (Å²) in [5.41, 5.74) is 2.96. The monoisotopic (exact) mass is 469 g/mol. The van der Waals surface area contributed by atoms with Gasteiger partial charge in [0.05, 0.1) is 18.4 Å². The fraction of sp³-hybridized carbons (Fsp3) is 0.261. The molecule has 33 heavy (non-hydrogen) atoms. The minimum absolute atomic E-state index is 0.244. The highest BCUT2D eigenvalue weighted by molar-refractivity contribution is 8.27. The lowest BCUT2D eigenvalue weighted by atomic mass is 10.0.